The van der Waals surface area contributed by atoms with Crippen molar-refractivity contribution in [3.05, 3.63) is 78.4 Å². The van der Waals surface area contributed by atoms with Gasteiger partial charge in [-0.25, -0.2) is 9.78 Å². The van der Waals surface area contributed by atoms with Crippen LogP contribution in [0, 0.1) is 6.92 Å². The van der Waals surface area contributed by atoms with Gasteiger partial charge in [0.2, 0.25) is 5.95 Å². The third-order valence-corrected chi connectivity index (χ3v) is 4.65. The minimum atomic E-state index is -0.443. The minimum absolute atomic E-state index is 0.188. The second-order valence-electron chi connectivity index (χ2n) is 7.22. The molecule has 3 heterocycles. The van der Waals surface area contributed by atoms with Gasteiger partial charge in [0.05, 0.1) is 17.3 Å². The van der Waals surface area contributed by atoms with Gasteiger partial charge in [0.1, 0.15) is 17.3 Å². The number of nitrogens with one attached hydrogen (secondary N) is 4. The number of aromatic nitrogens is 3. The van der Waals surface area contributed by atoms with E-state index in [0.29, 0.717) is 45.7 Å². The van der Waals surface area contributed by atoms with E-state index in [1.165, 1.54) is 6.26 Å². The normalized spacial score (nSPS) is 10.7. The number of ether oxygens (including phenoxy) is 1. The number of furan rings is 1. The van der Waals surface area contributed by atoms with Crippen LogP contribution in [0.4, 0.5) is 22.2 Å². The minimum Gasteiger partial charge on any atom is -0.459 e. The monoisotopic (exact) mass is 458 g/mol. The molecule has 0 atom stereocenters. The quantitative estimate of drug-likeness (QED) is 0.275. The van der Waals surface area contributed by atoms with E-state index in [1.807, 2.05) is 0 Å². The van der Waals surface area contributed by atoms with Crippen LogP contribution in [-0.2, 0) is 0 Å². The highest BCUT2D eigenvalue weighted by Crippen LogP contribution is 2.26. The number of H-pyrrole nitrogens is 1. The fraction of sp³-hybridized carbons (Fsp3) is 0.0435. The van der Waals surface area contributed by atoms with Crippen molar-refractivity contribution in [1.82, 2.24) is 15.1 Å². The van der Waals surface area contributed by atoms with E-state index >= 15 is 0 Å². The summed E-state index contributed by atoms with van der Waals surface area (Å²) in [4.78, 5) is 31.5. The van der Waals surface area contributed by atoms with Crippen LogP contribution in [-0.4, -0.2) is 27.1 Å². The lowest BCUT2D eigenvalue weighted by molar-refractivity contribution is 0.0996. The Balaban J connectivity index is 1.21. The van der Waals surface area contributed by atoms with E-state index < -0.39 is 11.9 Å². The highest BCUT2D eigenvalue weighted by atomic mass is 16.5. The Labute approximate surface area is 192 Å². The summed E-state index contributed by atoms with van der Waals surface area (Å²) >= 11 is 0. The topological polar surface area (TPSA) is 147 Å². The van der Waals surface area contributed by atoms with Crippen LogP contribution < -0.4 is 20.7 Å². The summed E-state index contributed by atoms with van der Waals surface area (Å²) < 4.78 is 15.9. The van der Waals surface area contributed by atoms with Crippen molar-refractivity contribution in [2.75, 3.05) is 16.0 Å². The number of benzene rings is 2. The molecule has 3 amide bonds. The molecule has 170 valence electrons. The maximum Gasteiger partial charge on any atom is 0.324 e. The summed E-state index contributed by atoms with van der Waals surface area (Å²) in [6, 6.07) is 16.5. The first-order chi connectivity index (χ1) is 16.5. The van der Waals surface area contributed by atoms with Crippen molar-refractivity contribution < 1.29 is 23.3 Å². The molecular formula is C23H18N6O5. The molecule has 0 aliphatic heterocycles. The SMILES string of the molecule is Cc1cc(NC(=O)Nc2ccc(Oc3ccc4nc(NC(=O)c5ccco5)[nH]c4c3)cc2)no1. The first kappa shape index (κ1) is 20.8. The molecule has 4 N–H and O–H groups in total. The van der Waals surface area contributed by atoms with Gasteiger partial charge in [0.25, 0.3) is 5.91 Å². The fourth-order valence-corrected chi connectivity index (χ4v) is 3.13. The van der Waals surface area contributed by atoms with Crippen molar-refractivity contribution in [3.63, 3.8) is 0 Å². The maximum atomic E-state index is 12.1. The molecule has 11 heteroatoms. The van der Waals surface area contributed by atoms with Gasteiger partial charge in [-0.1, -0.05) is 5.16 Å². The third kappa shape index (κ3) is 4.72. The molecule has 0 unspecified atom stereocenters. The van der Waals surface area contributed by atoms with Crippen LogP contribution in [0.5, 0.6) is 11.5 Å². The van der Waals surface area contributed by atoms with Crippen molar-refractivity contribution in [1.29, 1.82) is 0 Å². The Morgan fingerprint density at radius 2 is 1.79 bits per heavy atom. The van der Waals surface area contributed by atoms with E-state index in [-0.39, 0.29) is 5.76 Å². The molecule has 0 radical (unpaired) electrons. The Hall–Kier alpha value is -5.06. The smallest absolute Gasteiger partial charge is 0.324 e. The van der Waals surface area contributed by atoms with Gasteiger partial charge >= 0.3 is 6.03 Å². The van der Waals surface area contributed by atoms with Gasteiger partial charge in [-0.05, 0) is 55.5 Å². The number of hydrogen-bond acceptors (Lipinski definition) is 7. The first-order valence-electron chi connectivity index (χ1n) is 10.2. The molecular weight excluding hydrogens is 440 g/mol. The maximum absolute atomic E-state index is 12.1. The average Bonchev–Trinajstić information content (AvgIpc) is 3.56. The van der Waals surface area contributed by atoms with Crippen LogP contribution in [0.1, 0.15) is 16.3 Å². The zero-order chi connectivity index (χ0) is 23.5. The third-order valence-electron chi connectivity index (χ3n) is 4.65. The summed E-state index contributed by atoms with van der Waals surface area (Å²) in [6.07, 6.45) is 1.42. The molecule has 0 aliphatic rings. The van der Waals surface area contributed by atoms with Gasteiger partial charge in [-0.2, -0.15) is 0 Å². The van der Waals surface area contributed by atoms with Gasteiger partial charge in [-0.15, -0.1) is 0 Å². The Morgan fingerprint density at radius 1 is 0.971 bits per heavy atom. The molecule has 5 rings (SSSR count). The molecule has 0 aliphatic carbocycles. The molecule has 0 spiro atoms. The van der Waals surface area contributed by atoms with Gasteiger partial charge in [0.15, 0.2) is 11.6 Å². The zero-order valence-corrected chi connectivity index (χ0v) is 17.8. The van der Waals surface area contributed by atoms with Crippen LogP contribution in [0.2, 0.25) is 0 Å². The van der Waals surface area contributed by atoms with Crippen LogP contribution in [0.25, 0.3) is 11.0 Å². The summed E-state index contributed by atoms with van der Waals surface area (Å²) in [6.45, 7) is 1.73. The molecule has 5 aromatic rings. The second kappa shape index (κ2) is 8.82. The summed E-state index contributed by atoms with van der Waals surface area (Å²) in [5, 5.41) is 11.6. The molecule has 0 fully saturated rings. The van der Waals surface area contributed by atoms with Crippen LogP contribution in [0.15, 0.2) is 75.9 Å². The van der Waals surface area contributed by atoms with Crippen LogP contribution >= 0.6 is 0 Å². The standard InChI is InChI=1S/C23H18N6O5/c1-13-11-20(29-34-13)27-23(31)24-14-4-6-15(7-5-14)33-16-8-9-17-18(12-16)26-22(25-17)28-21(30)19-3-2-10-32-19/h2-12H,1H3,(H2,24,27,29,31)(H2,25,26,28,30). The number of fused-ring (bicyclic) bond motifs is 1. The number of imidazole rings is 1. The summed E-state index contributed by atoms with van der Waals surface area (Å²) in [7, 11) is 0. The predicted molar refractivity (Wildman–Crippen MR) is 123 cm³/mol. The highest BCUT2D eigenvalue weighted by Gasteiger charge is 2.12. The number of anilines is 3. The van der Waals surface area contributed by atoms with Gasteiger partial charge in [-0.3, -0.25) is 15.4 Å². The predicted octanol–water partition coefficient (Wildman–Crippen LogP) is 5.14. The van der Waals surface area contributed by atoms with E-state index in [0.717, 1.165) is 0 Å². The molecule has 0 bridgehead atoms. The average molecular weight is 458 g/mol. The molecule has 0 saturated carbocycles. The number of carbonyl (C=O) groups is 2. The van der Waals surface area contributed by atoms with E-state index in [4.69, 9.17) is 13.7 Å². The first-order valence-corrected chi connectivity index (χ1v) is 10.2. The molecule has 34 heavy (non-hydrogen) atoms. The number of hydrogen-bond donors (Lipinski definition) is 4. The molecule has 3 aromatic heterocycles. The van der Waals surface area contributed by atoms with Gasteiger partial charge in [0, 0.05) is 17.8 Å². The number of amides is 3. The fourth-order valence-electron chi connectivity index (χ4n) is 3.13. The number of urea groups is 1. The van der Waals surface area contributed by atoms with Crippen LogP contribution in [0.3, 0.4) is 0 Å². The summed E-state index contributed by atoms with van der Waals surface area (Å²) in [5.74, 6) is 2.14. The molecule has 0 saturated heterocycles. The Kier molecular flexibility index (Phi) is 5.40. The lowest BCUT2D eigenvalue weighted by atomic mass is 10.3. The molecule has 11 nitrogen and oxygen atoms in total. The van der Waals surface area contributed by atoms with Crippen molar-refractivity contribution in [2.45, 2.75) is 6.92 Å². The second-order valence-corrected chi connectivity index (χ2v) is 7.22. The van der Waals surface area contributed by atoms with Crippen molar-refractivity contribution in [3.8, 4) is 11.5 Å². The number of aryl methyl sites for hydroxylation is 1. The van der Waals surface area contributed by atoms with Gasteiger partial charge < -0.3 is 24.0 Å². The lowest BCUT2D eigenvalue weighted by Crippen LogP contribution is -2.19. The Bertz CT molecular complexity index is 1450. The Morgan fingerprint density at radius 3 is 2.53 bits per heavy atom. The summed E-state index contributed by atoms with van der Waals surface area (Å²) in [5.41, 5.74) is 1.92. The van der Waals surface area contributed by atoms with E-state index in [9.17, 15) is 9.59 Å². The van der Waals surface area contributed by atoms with Crippen molar-refractivity contribution >= 4 is 40.4 Å². The van der Waals surface area contributed by atoms with Crippen molar-refractivity contribution in [2.24, 2.45) is 0 Å². The van der Waals surface area contributed by atoms with E-state index in [2.05, 4.69) is 31.1 Å². The lowest BCUT2D eigenvalue weighted by Gasteiger charge is -2.08. The number of aromatic amines is 1. The zero-order valence-electron chi connectivity index (χ0n) is 17.8. The highest BCUT2D eigenvalue weighted by molar-refractivity contribution is 6.02. The number of nitrogens with zero attached hydrogens (tertiary/aromatic N) is 2. The number of carbonyl (C=O) groups excluding carboxylic acids is 2. The van der Waals surface area contributed by atoms with E-state index in [1.54, 1.807) is 67.6 Å². The molecule has 2 aromatic carbocycles. The largest absolute Gasteiger partial charge is 0.459 e. The number of rotatable bonds is 6.